The van der Waals surface area contributed by atoms with Gasteiger partial charge in [-0.25, -0.2) is 4.79 Å². The van der Waals surface area contributed by atoms with Crippen LogP contribution in [0.25, 0.3) is 0 Å². The Bertz CT molecular complexity index is 298. The van der Waals surface area contributed by atoms with Gasteiger partial charge in [0, 0.05) is 0 Å². The molecular formula is C9H14N2O2. The monoisotopic (exact) mass is 182 g/mol. The first-order valence-corrected chi connectivity index (χ1v) is 4.48. The lowest BCUT2D eigenvalue weighted by Gasteiger charge is -2.59. The Morgan fingerprint density at radius 3 is 2.38 bits per heavy atom. The molecule has 2 rings (SSSR count). The van der Waals surface area contributed by atoms with Crippen LogP contribution in [-0.2, 0) is 4.79 Å². The molecule has 2 unspecified atom stereocenters. The Labute approximate surface area is 77.1 Å². The maximum absolute atomic E-state index is 11.5. The molecule has 2 fully saturated rings. The second-order valence-corrected chi connectivity index (χ2v) is 4.96. The first-order valence-electron chi connectivity index (χ1n) is 4.48. The summed E-state index contributed by atoms with van der Waals surface area (Å²) in [5, 5.41) is 5.11. The molecule has 1 saturated carbocycles. The van der Waals surface area contributed by atoms with Gasteiger partial charge in [0.25, 0.3) is 0 Å². The number of amides is 3. The third-order valence-corrected chi connectivity index (χ3v) is 3.14. The Balaban J connectivity index is 2.30. The first kappa shape index (κ1) is 8.53. The number of carbonyl (C=O) groups is 2. The van der Waals surface area contributed by atoms with E-state index < -0.39 is 0 Å². The predicted molar refractivity (Wildman–Crippen MR) is 47.0 cm³/mol. The largest absolute Gasteiger partial charge is 0.332 e. The number of imide groups is 1. The number of carbonyl (C=O) groups excluding carboxylic acids is 2. The van der Waals surface area contributed by atoms with Gasteiger partial charge in [-0.2, -0.15) is 0 Å². The Morgan fingerprint density at radius 2 is 1.92 bits per heavy atom. The highest BCUT2D eigenvalue weighted by molar-refractivity contribution is 6.00. The van der Waals surface area contributed by atoms with Crippen LogP contribution in [0.4, 0.5) is 4.79 Å². The molecule has 0 aromatic carbocycles. The highest BCUT2D eigenvalue weighted by atomic mass is 16.2. The van der Waals surface area contributed by atoms with Gasteiger partial charge in [-0.05, 0) is 18.8 Å². The molecule has 0 aromatic rings. The zero-order valence-corrected chi connectivity index (χ0v) is 8.10. The molecule has 2 aliphatic rings. The molecule has 0 spiro atoms. The second kappa shape index (κ2) is 2.05. The molecule has 4 nitrogen and oxygen atoms in total. The maximum Gasteiger partial charge on any atom is 0.321 e. The molecule has 1 saturated heterocycles. The number of hydrogen-bond donors (Lipinski definition) is 2. The molecule has 0 aromatic heterocycles. The fourth-order valence-electron chi connectivity index (χ4n) is 3.12. The van der Waals surface area contributed by atoms with E-state index in [1.54, 1.807) is 0 Å². The van der Waals surface area contributed by atoms with Crippen LogP contribution in [-0.4, -0.2) is 17.5 Å². The van der Waals surface area contributed by atoms with Crippen LogP contribution in [0.5, 0.6) is 0 Å². The zero-order valence-electron chi connectivity index (χ0n) is 8.10. The fourth-order valence-corrected chi connectivity index (χ4v) is 3.12. The minimum absolute atomic E-state index is 0.00648. The average molecular weight is 182 g/mol. The van der Waals surface area contributed by atoms with Gasteiger partial charge in [0.15, 0.2) is 0 Å². The number of hydrogen-bond acceptors (Lipinski definition) is 2. The van der Waals surface area contributed by atoms with Gasteiger partial charge in [0.1, 0.15) is 0 Å². The van der Waals surface area contributed by atoms with Gasteiger partial charge in [-0.1, -0.05) is 13.8 Å². The average Bonchev–Trinajstić information content (AvgIpc) is 1.77. The molecular weight excluding hydrogens is 168 g/mol. The minimum atomic E-state index is -0.362. The third-order valence-electron chi connectivity index (χ3n) is 3.14. The van der Waals surface area contributed by atoms with Gasteiger partial charge < -0.3 is 5.32 Å². The molecule has 2 N–H and O–H groups in total. The van der Waals surface area contributed by atoms with E-state index in [1.807, 2.05) is 6.92 Å². The highest BCUT2D eigenvalue weighted by Crippen LogP contribution is 2.54. The van der Waals surface area contributed by atoms with Crippen LogP contribution < -0.4 is 10.6 Å². The van der Waals surface area contributed by atoms with E-state index in [0.717, 1.165) is 6.42 Å². The smallest absolute Gasteiger partial charge is 0.321 e. The molecule has 4 heteroatoms. The van der Waals surface area contributed by atoms with Crippen LogP contribution in [0.1, 0.15) is 27.2 Å². The van der Waals surface area contributed by atoms with Gasteiger partial charge in [0.05, 0.1) is 11.5 Å². The molecule has 1 heterocycles. The predicted octanol–water partition coefficient (Wildman–Crippen LogP) is 0.631. The van der Waals surface area contributed by atoms with Crippen molar-refractivity contribution < 1.29 is 9.59 Å². The summed E-state index contributed by atoms with van der Waals surface area (Å²) in [5.41, 5.74) is -0.310. The standard InChI is InChI=1S/C9H14N2O2/c1-8(2)4-9(3)5(8)6(12)10-7(13)11-9/h5H,4H2,1-3H3,(H2,10,11,12,13). The number of rotatable bonds is 0. The summed E-state index contributed by atoms with van der Waals surface area (Å²) in [7, 11) is 0. The van der Waals surface area contributed by atoms with Crippen LogP contribution in [0.15, 0.2) is 0 Å². The minimum Gasteiger partial charge on any atom is -0.332 e. The Hall–Kier alpha value is -1.06. The van der Waals surface area contributed by atoms with Gasteiger partial charge in [-0.3, -0.25) is 10.1 Å². The topological polar surface area (TPSA) is 58.2 Å². The molecule has 13 heavy (non-hydrogen) atoms. The number of fused-ring (bicyclic) bond motifs is 1. The van der Waals surface area contributed by atoms with Gasteiger partial charge in [0.2, 0.25) is 5.91 Å². The quantitative estimate of drug-likeness (QED) is 0.577. The van der Waals surface area contributed by atoms with Gasteiger partial charge >= 0.3 is 6.03 Å². The van der Waals surface area contributed by atoms with E-state index in [-0.39, 0.29) is 28.8 Å². The highest BCUT2D eigenvalue weighted by Gasteiger charge is 2.62. The summed E-state index contributed by atoms with van der Waals surface area (Å²) < 4.78 is 0. The van der Waals surface area contributed by atoms with Crippen molar-refractivity contribution >= 4 is 11.9 Å². The van der Waals surface area contributed by atoms with E-state index in [0.29, 0.717) is 0 Å². The van der Waals surface area contributed by atoms with Crippen molar-refractivity contribution in [1.29, 1.82) is 0 Å². The van der Waals surface area contributed by atoms with E-state index in [4.69, 9.17) is 0 Å². The second-order valence-electron chi connectivity index (χ2n) is 4.96. The molecule has 1 aliphatic heterocycles. The maximum atomic E-state index is 11.5. The summed E-state index contributed by atoms with van der Waals surface area (Å²) >= 11 is 0. The van der Waals surface area contributed by atoms with Crippen molar-refractivity contribution in [3.63, 3.8) is 0 Å². The number of urea groups is 1. The van der Waals surface area contributed by atoms with Crippen molar-refractivity contribution in [2.24, 2.45) is 11.3 Å². The molecule has 0 radical (unpaired) electrons. The van der Waals surface area contributed by atoms with Crippen LogP contribution in [0.2, 0.25) is 0 Å². The Kier molecular flexibility index (Phi) is 1.35. The lowest BCUT2D eigenvalue weighted by molar-refractivity contribution is -0.146. The summed E-state index contributed by atoms with van der Waals surface area (Å²) in [6.07, 6.45) is 0.865. The third kappa shape index (κ3) is 0.975. The van der Waals surface area contributed by atoms with E-state index >= 15 is 0 Å². The normalized spacial score (nSPS) is 41.3. The van der Waals surface area contributed by atoms with E-state index in [2.05, 4.69) is 24.5 Å². The van der Waals surface area contributed by atoms with Crippen LogP contribution in [0, 0.1) is 11.3 Å². The molecule has 3 amide bonds. The zero-order chi connectivity index (χ0) is 9.85. The van der Waals surface area contributed by atoms with E-state index in [1.165, 1.54) is 0 Å². The SMILES string of the molecule is CC1(C)CC2(C)NC(=O)NC(=O)C12. The van der Waals surface area contributed by atoms with Gasteiger partial charge in [-0.15, -0.1) is 0 Å². The molecule has 72 valence electrons. The van der Waals surface area contributed by atoms with Crippen molar-refractivity contribution in [1.82, 2.24) is 10.6 Å². The summed E-state index contributed by atoms with van der Waals surface area (Å²) in [6, 6.07) is -0.362. The summed E-state index contributed by atoms with van der Waals surface area (Å²) in [4.78, 5) is 22.6. The van der Waals surface area contributed by atoms with Crippen molar-refractivity contribution in [2.75, 3.05) is 0 Å². The van der Waals surface area contributed by atoms with E-state index in [9.17, 15) is 9.59 Å². The summed E-state index contributed by atoms with van der Waals surface area (Å²) in [6.45, 7) is 6.03. The van der Waals surface area contributed by atoms with Crippen LogP contribution in [0.3, 0.4) is 0 Å². The van der Waals surface area contributed by atoms with Crippen molar-refractivity contribution in [3.05, 3.63) is 0 Å². The number of nitrogens with one attached hydrogen (secondary N) is 2. The molecule has 0 bridgehead atoms. The van der Waals surface area contributed by atoms with Crippen molar-refractivity contribution in [3.8, 4) is 0 Å². The van der Waals surface area contributed by atoms with Crippen molar-refractivity contribution in [2.45, 2.75) is 32.7 Å². The molecule has 1 aliphatic carbocycles. The fraction of sp³-hybridized carbons (Fsp3) is 0.778. The summed E-state index contributed by atoms with van der Waals surface area (Å²) in [5.74, 6) is -0.222. The lowest BCUT2D eigenvalue weighted by Crippen LogP contribution is -2.75. The van der Waals surface area contributed by atoms with Crippen LogP contribution >= 0.6 is 0 Å². The first-order chi connectivity index (χ1) is 5.85. The lowest BCUT2D eigenvalue weighted by atomic mass is 9.50. The molecule has 2 atom stereocenters. The Morgan fingerprint density at radius 1 is 1.31 bits per heavy atom.